The minimum absolute atomic E-state index is 0.0558. The molecule has 2 aromatic carbocycles. The smallest absolute Gasteiger partial charge is 0.261 e. The summed E-state index contributed by atoms with van der Waals surface area (Å²) in [6, 6.07) is 12.7. The highest BCUT2D eigenvalue weighted by Gasteiger charge is 2.25. The van der Waals surface area contributed by atoms with Crippen molar-refractivity contribution >= 4 is 50.8 Å². The second kappa shape index (κ2) is 11.4. The molecule has 2 amide bonds. The highest BCUT2D eigenvalue weighted by molar-refractivity contribution is 9.10. The van der Waals surface area contributed by atoms with Gasteiger partial charge in [0.25, 0.3) is 11.8 Å². The Morgan fingerprint density at radius 1 is 1.12 bits per heavy atom. The van der Waals surface area contributed by atoms with Gasteiger partial charge in [-0.25, -0.2) is 0 Å². The number of hydrogen-bond acceptors (Lipinski definition) is 4. The molecule has 8 heteroatoms. The summed E-state index contributed by atoms with van der Waals surface area (Å²) in [6.07, 6.45) is 5.59. The van der Waals surface area contributed by atoms with Crippen molar-refractivity contribution in [1.29, 1.82) is 0 Å². The molecule has 0 radical (unpaired) electrons. The van der Waals surface area contributed by atoms with Crippen LogP contribution < -0.4 is 15.4 Å². The van der Waals surface area contributed by atoms with E-state index in [-0.39, 0.29) is 17.1 Å². The van der Waals surface area contributed by atoms with Gasteiger partial charge < -0.3 is 15.0 Å². The van der Waals surface area contributed by atoms with Gasteiger partial charge in [0.1, 0.15) is 5.75 Å². The maximum Gasteiger partial charge on any atom is 0.261 e. The lowest BCUT2D eigenvalue weighted by Crippen LogP contribution is -2.39. The van der Waals surface area contributed by atoms with Crippen molar-refractivity contribution in [2.24, 2.45) is 0 Å². The van der Waals surface area contributed by atoms with Crippen molar-refractivity contribution in [3.05, 3.63) is 58.1 Å². The van der Waals surface area contributed by atoms with Gasteiger partial charge in [-0.3, -0.25) is 14.9 Å². The third-order valence-corrected chi connectivity index (χ3v) is 6.26. The number of hydrogen-bond donors (Lipinski definition) is 2. The van der Waals surface area contributed by atoms with E-state index in [0.29, 0.717) is 29.2 Å². The van der Waals surface area contributed by atoms with Crippen LogP contribution in [-0.2, 0) is 0 Å². The van der Waals surface area contributed by atoms with Crippen LogP contribution in [0.15, 0.2) is 46.9 Å². The summed E-state index contributed by atoms with van der Waals surface area (Å²) in [7, 11) is 1.86. The zero-order valence-electron chi connectivity index (χ0n) is 18.3. The van der Waals surface area contributed by atoms with Gasteiger partial charge in [-0.15, -0.1) is 0 Å². The highest BCUT2D eigenvalue weighted by Crippen LogP contribution is 2.26. The molecule has 1 saturated carbocycles. The molecule has 170 valence electrons. The van der Waals surface area contributed by atoms with Crippen molar-refractivity contribution < 1.29 is 14.3 Å². The molecule has 2 aromatic rings. The van der Waals surface area contributed by atoms with Gasteiger partial charge in [-0.2, -0.15) is 0 Å². The topological polar surface area (TPSA) is 70.7 Å². The lowest BCUT2D eigenvalue weighted by Gasteiger charge is -2.31. The molecular formula is C24H28BrN3O3S. The summed E-state index contributed by atoms with van der Waals surface area (Å²) in [5.74, 6) is 0.0239. The highest BCUT2D eigenvalue weighted by atomic mass is 79.9. The Morgan fingerprint density at radius 2 is 1.84 bits per heavy atom. The summed E-state index contributed by atoms with van der Waals surface area (Å²) < 4.78 is 6.31. The van der Waals surface area contributed by atoms with E-state index in [1.807, 2.05) is 37.1 Å². The predicted molar refractivity (Wildman–Crippen MR) is 134 cm³/mol. The van der Waals surface area contributed by atoms with Crippen LogP contribution >= 0.6 is 28.1 Å². The first-order valence-corrected chi connectivity index (χ1v) is 12.0. The molecule has 3 rings (SSSR count). The standard InChI is InChI=1S/C24H28BrN3O3S/c1-3-31-21-14-13-16(25)15-19(21)22(29)27-24(32)26-20-12-8-7-11-18(20)23(30)28(2)17-9-5-4-6-10-17/h7-8,11-15,17H,3-6,9-10H2,1-2H3,(H2,26,27,29,32). The number of halogens is 1. The monoisotopic (exact) mass is 517 g/mol. The molecule has 0 aromatic heterocycles. The fourth-order valence-electron chi connectivity index (χ4n) is 3.89. The molecule has 6 nitrogen and oxygen atoms in total. The van der Waals surface area contributed by atoms with Gasteiger partial charge in [0.05, 0.1) is 23.4 Å². The SMILES string of the molecule is CCOc1ccc(Br)cc1C(=O)NC(=S)Nc1ccccc1C(=O)N(C)C1CCCCC1. The quantitative estimate of drug-likeness (QED) is 0.503. The van der Waals surface area contributed by atoms with Crippen LogP contribution in [0.4, 0.5) is 5.69 Å². The van der Waals surface area contributed by atoms with Crippen LogP contribution in [0.5, 0.6) is 5.75 Å². The van der Waals surface area contributed by atoms with E-state index in [4.69, 9.17) is 17.0 Å². The first-order valence-electron chi connectivity index (χ1n) is 10.8. The second-order valence-corrected chi connectivity index (χ2v) is 9.06. The van der Waals surface area contributed by atoms with Crippen LogP contribution in [0.1, 0.15) is 59.7 Å². The van der Waals surface area contributed by atoms with E-state index in [9.17, 15) is 9.59 Å². The van der Waals surface area contributed by atoms with Crippen molar-refractivity contribution in [3.63, 3.8) is 0 Å². The first-order chi connectivity index (χ1) is 15.4. The van der Waals surface area contributed by atoms with Crippen LogP contribution in [-0.4, -0.2) is 41.5 Å². The van der Waals surface area contributed by atoms with E-state index in [1.54, 1.807) is 24.3 Å². The fraction of sp³-hybridized carbons (Fsp3) is 0.375. The van der Waals surface area contributed by atoms with Crippen molar-refractivity contribution in [2.45, 2.75) is 45.1 Å². The Balaban J connectivity index is 1.71. The number of para-hydroxylation sites is 1. The number of amides is 2. The molecule has 1 fully saturated rings. The molecule has 0 spiro atoms. The number of carbonyl (C=O) groups is 2. The van der Waals surface area contributed by atoms with E-state index < -0.39 is 5.91 Å². The first kappa shape index (κ1) is 24.2. The van der Waals surface area contributed by atoms with Gasteiger partial charge in [0, 0.05) is 17.6 Å². The third kappa shape index (κ3) is 6.07. The Labute approximate surface area is 202 Å². The summed E-state index contributed by atoms with van der Waals surface area (Å²) in [5.41, 5.74) is 1.45. The molecular weight excluding hydrogens is 490 g/mol. The molecule has 1 aliphatic rings. The number of nitrogens with zero attached hydrogens (tertiary/aromatic N) is 1. The predicted octanol–water partition coefficient (Wildman–Crippen LogP) is 5.38. The zero-order valence-corrected chi connectivity index (χ0v) is 20.7. The number of ether oxygens (including phenoxy) is 1. The zero-order chi connectivity index (χ0) is 23.1. The van der Waals surface area contributed by atoms with Gasteiger partial charge in [-0.1, -0.05) is 47.3 Å². The van der Waals surface area contributed by atoms with Crippen LogP contribution in [0.3, 0.4) is 0 Å². The Hall–Kier alpha value is -2.45. The molecule has 0 bridgehead atoms. The van der Waals surface area contributed by atoms with E-state index in [1.165, 1.54) is 6.42 Å². The van der Waals surface area contributed by atoms with Crippen molar-refractivity contribution in [2.75, 3.05) is 19.0 Å². The number of anilines is 1. The Morgan fingerprint density at radius 3 is 2.56 bits per heavy atom. The lowest BCUT2D eigenvalue weighted by molar-refractivity contribution is 0.0697. The summed E-state index contributed by atoms with van der Waals surface area (Å²) in [4.78, 5) is 27.8. The molecule has 0 heterocycles. The molecule has 0 aliphatic heterocycles. The average Bonchev–Trinajstić information content (AvgIpc) is 2.80. The number of rotatable bonds is 6. The number of benzene rings is 2. The van der Waals surface area contributed by atoms with Crippen LogP contribution in [0, 0.1) is 0 Å². The molecule has 1 aliphatic carbocycles. The second-order valence-electron chi connectivity index (χ2n) is 7.74. The van der Waals surface area contributed by atoms with Gasteiger partial charge in [0.15, 0.2) is 5.11 Å². The molecule has 0 saturated heterocycles. The maximum atomic E-state index is 13.2. The normalized spacial score (nSPS) is 13.8. The maximum absolute atomic E-state index is 13.2. The van der Waals surface area contributed by atoms with Crippen molar-refractivity contribution in [3.8, 4) is 5.75 Å². The molecule has 32 heavy (non-hydrogen) atoms. The number of thiocarbonyl (C=S) groups is 1. The van der Waals surface area contributed by atoms with Crippen LogP contribution in [0.2, 0.25) is 0 Å². The lowest BCUT2D eigenvalue weighted by atomic mass is 9.94. The third-order valence-electron chi connectivity index (χ3n) is 5.56. The minimum atomic E-state index is -0.393. The van der Waals surface area contributed by atoms with Gasteiger partial charge in [0.2, 0.25) is 0 Å². The van der Waals surface area contributed by atoms with Crippen LogP contribution in [0.25, 0.3) is 0 Å². The largest absolute Gasteiger partial charge is 0.493 e. The molecule has 0 atom stereocenters. The van der Waals surface area contributed by atoms with E-state index in [0.717, 1.165) is 30.2 Å². The molecule has 0 unspecified atom stereocenters. The Kier molecular flexibility index (Phi) is 8.64. The summed E-state index contributed by atoms with van der Waals surface area (Å²) >= 11 is 8.75. The number of carbonyl (C=O) groups excluding carboxylic acids is 2. The Bertz CT molecular complexity index is 992. The summed E-state index contributed by atoms with van der Waals surface area (Å²) in [5, 5.41) is 5.81. The van der Waals surface area contributed by atoms with Gasteiger partial charge in [-0.05, 0) is 62.3 Å². The van der Waals surface area contributed by atoms with Crippen molar-refractivity contribution in [1.82, 2.24) is 10.2 Å². The number of nitrogens with one attached hydrogen (secondary N) is 2. The molecule has 2 N–H and O–H groups in total. The average molecular weight is 518 g/mol. The summed E-state index contributed by atoms with van der Waals surface area (Å²) in [6.45, 7) is 2.29. The van der Waals surface area contributed by atoms with E-state index >= 15 is 0 Å². The fourth-order valence-corrected chi connectivity index (χ4v) is 4.45. The minimum Gasteiger partial charge on any atom is -0.493 e. The van der Waals surface area contributed by atoms with E-state index in [2.05, 4.69) is 26.6 Å². The van der Waals surface area contributed by atoms with Gasteiger partial charge >= 0.3 is 0 Å².